The van der Waals surface area contributed by atoms with Gasteiger partial charge in [-0.2, -0.15) is 5.26 Å². The van der Waals surface area contributed by atoms with Gasteiger partial charge in [0, 0.05) is 26.2 Å². The van der Waals surface area contributed by atoms with Crippen LogP contribution in [0, 0.1) is 11.3 Å². The molecule has 2 aromatic rings. The maximum atomic E-state index is 11.4. The van der Waals surface area contributed by atoms with Gasteiger partial charge in [0.05, 0.1) is 12.0 Å². The molecule has 1 aromatic heterocycles. The summed E-state index contributed by atoms with van der Waals surface area (Å²) < 4.78 is 0. The highest BCUT2D eigenvalue weighted by Gasteiger charge is 2.09. The number of hydrogen-bond donors (Lipinski definition) is 2. The van der Waals surface area contributed by atoms with Crippen LogP contribution in [0.15, 0.2) is 34.8 Å². The number of nitrogens with zero attached hydrogens (tertiary/aromatic N) is 5. The molecule has 2 N–H and O–H groups in total. The second kappa shape index (κ2) is 7.17. The Balaban J connectivity index is 2.37. The average molecular weight is 311 g/mol. The Hall–Kier alpha value is -3.21. The number of aromatic nitrogens is 2. The Morgan fingerprint density at radius 3 is 2.91 bits per heavy atom. The predicted octanol–water partition coefficient (Wildman–Crippen LogP) is 3.11. The number of nitriles is 1. The predicted molar refractivity (Wildman–Crippen MR) is 87.2 cm³/mol. The largest absolute Gasteiger partial charge is 0.375 e. The first-order valence-electron chi connectivity index (χ1n) is 7.03. The zero-order chi connectivity index (χ0) is 16.8. The van der Waals surface area contributed by atoms with Crippen molar-refractivity contribution in [2.45, 2.75) is 13.8 Å². The Kier molecular flexibility index (Phi) is 5.04. The fraction of sp³-hybridized carbons (Fsp3) is 0.267. The van der Waals surface area contributed by atoms with Crippen LogP contribution in [0.25, 0.3) is 0 Å². The number of azo groups is 1. The van der Waals surface area contributed by atoms with E-state index in [9.17, 15) is 4.79 Å². The van der Waals surface area contributed by atoms with Crippen LogP contribution in [0.4, 0.5) is 22.9 Å². The molecule has 0 unspecified atom stereocenters. The molecule has 0 saturated heterocycles. The van der Waals surface area contributed by atoms with E-state index >= 15 is 0 Å². The van der Waals surface area contributed by atoms with Crippen molar-refractivity contribution in [2.75, 3.05) is 23.8 Å². The highest BCUT2D eigenvalue weighted by Crippen LogP contribution is 2.31. The van der Waals surface area contributed by atoms with E-state index in [0.29, 0.717) is 11.4 Å². The summed E-state index contributed by atoms with van der Waals surface area (Å²) in [4.78, 5) is 20.0. The molecule has 23 heavy (non-hydrogen) atoms. The molecular formula is C15H17N7O. The minimum absolute atomic E-state index is 0.199. The molecule has 1 heterocycles. The van der Waals surface area contributed by atoms with E-state index in [1.165, 1.54) is 13.3 Å². The fourth-order valence-corrected chi connectivity index (χ4v) is 1.87. The number of nitrogens with one attached hydrogen (secondary N) is 2. The van der Waals surface area contributed by atoms with Gasteiger partial charge >= 0.3 is 0 Å². The lowest BCUT2D eigenvalue weighted by Gasteiger charge is -2.18. The van der Waals surface area contributed by atoms with E-state index in [2.05, 4.69) is 25.5 Å². The van der Waals surface area contributed by atoms with Crippen molar-refractivity contribution in [3.63, 3.8) is 0 Å². The molecule has 2 rings (SSSR count). The standard InChI is InChI=1S/C15H17N7O/c1-4-22(3)11-5-6-12(13(7-11)19-10(2)23)20-21-15-14(8-16)17-9-18-15/h5-7,9H,4H2,1-3H3,(H,17,18)(H,19,23). The molecule has 118 valence electrons. The SMILES string of the molecule is CCN(C)c1ccc(N=Nc2nc[nH]c2C#N)c(NC(C)=O)c1. The summed E-state index contributed by atoms with van der Waals surface area (Å²) in [6.07, 6.45) is 1.38. The molecular weight excluding hydrogens is 294 g/mol. The average Bonchev–Trinajstić information content (AvgIpc) is 2.99. The monoisotopic (exact) mass is 311 g/mol. The summed E-state index contributed by atoms with van der Waals surface area (Å²) >= 11 is 0. The molecule has 8 heteroatoms. The zero-order valence-corrected chi connectivity index (χ0v) is 13.2. The molecule has 8 nitrogen and oxygen atoms in total. The lowest BCUT2D eigenvalue weighted by molar-refractivity contribution is -0.114. The van der Waals surface area contributed by atoms with E-state index in [-0.39, 0.29) is 17.4 Å². The van der Waals surface area contributed by atoms with Gasteiger partial charge in [0.15, 0.2) is 5.69 Å². The summed E-state index contributed by atoms with van der Waals surface area (Å²) in [6, 6.07) is 7.42. The number of carbonyl (C=O) groups excluding carboxylic acids is 1. The van der Waals surface area contributed by atoms with E-state index in [1.807, 2.05) is 37.1 Å². The third kappa shape index (κ3) is 3.91. The van der Waals surface area contributed by atoms with E-state index in [0.717, 1.165) is 12.2 Å². The number of amides is 1. The van der Waals surface area contributed by atoms with Gasteiger partial charge in [-0.3, -0.25) is 4.79 Å². The smallest absolute Gasteiger partial charge is 0.221 e. The Labute approximate surface area is 133 Å². The first-order chi connectivity index (χ1) is 11.0. The zero-order valence-electron chi connectivity index (χ0n) is 13.2. The van der Waals surface area contributed by atoms with Crippen LogP contribution in [0.1, 0.15) is 19.5 Å². The maximum Gasteiger partial charge on any atom is 0.221 e. The van der Waals surface area contributed by atoms with Gasteiger partial charge in [0.25, 0.3) is 0 Å². The van der Waals surface area contributed by atoms with Gasteiger partial charge in [0.2, 0.25) is 11.7 Å². The van der Waals surface area contributed by atoms with Gasteiger partial charge in [-0.05, 0) is 25.1 Å². The molecule has 0 aliphatic carbocycles. The molecule has 0 aliphatic heterocycles. The van der Waals surface area contributed by atoms with Crippen molar-refractivity contribution in [1.29, 1.82) is 5.26 Å². The van der Waals surface area contributed by atoms with Gasteiger partial charge in [-0.25, -0.2) is 4.98 Å². The van der Waals surface area contributed by atoms with E-state index in [1.54, 1.807) is 6.07 Å². The van der Waals surface area contributed by atoms with Crippen LogP contribution in [0.2, 0.25) is 0 Å². The van der Waals surface area contributed by atoms with Crippen LogP contribution >= 0.6 is 0 Å². The van der Waals surface area contributed by atoms with Crippen molar-refractivity contribution in [1.82, 2.24) is 9.97 Å². The minimum atomic E-state index is -0.199. The van der Waals surface area contributed by atoms with Crippen LogP contribution in [0.5, 0.6) is 0 Å². The summed E-state index contributed by atoms with van der Waals surface area (Å²) in [5.74, 6) is 0.00580. The van der Waals surface area contributed by atoms with Crippen LogP contribution < -0.4 is 10.2 Å². The van der Waals surface area contributed by atoms with Gasteiger partial charge < -0.3 is 15.2 Å². The third-order valence-corrected chi connectivity index (χ3v) is 3.19. The normalized spacial score (nSPS) is 10.5. The molecule has 0 atom stereocenters. The molecule has 0 radical (unpaired) electrons. The molecule has 1 aromatic carbocycles. The summed E-state index contributed by atoms with van der Waals surface area (Å²) in [5.41, 5.74) is 2.22. The molecule has 1 amide bonds. The van der Waals surface area contributed by atoms with Crippen molar-refractivity contribution in [3.05, 3.63) is 30.2 Å². The molecule has 0 spiro atoms. The molecule has 0 aliphatic rings. The third-order valence-electron chi connectivity index (χ3n) is 3.19. The van der Waals surface area contributed by atoms with Crippen LogP contribution in [-0.2, 0) is 4.79 Å². The summed E-state index contributed by atoms with van der Waals surface area (Å²) in [6.45, 7) is 4.30. The number of hydrogen-bond acceptors (Lipinski definition) is 6. The Bertz CT molecular complexity index is 772. The number of H-pyrrole nitrogens is 1. The minimum Gasteiger partial charge on any atom is -0.375 e. The second-order valence-electron chi connectivity index (χ2n) is 4.81. The van der Waals surface area contributed by atoms with Gasteiger partial charge in [-0.1, -0.05) is 0 Å². The van der Waals surface area contributed by atoms with Crippen molar-refractivity contribution in [3.8, 4) is 6.07 Å². The highest BCUT2D eigenvalue weighted by atomic mass is 16.1. The lowest BCUT2D eigenvalue weighted by atomic mass is 10.2. The lowest BCUT2D eigenvalue weighted by Crippen LogP contribution is -2.16. The van der Waals surface area contributed by atoms with Crippen molar-refractivity contribution in [2.24, 2.45) is 10.2 Å². The number of benzene rings is 1. The quantitative estimate of drug-likeness (QED) is 0.826. The Morgan fingerprint density at radius 1 is 1.48 bits per heavy atom. The van der Waals surface area contributed by atoms with Crippen molar-refractivity contribution >= 4 is 28.8 Å². The van der Waals surface area contributed by atoms with Crippen LogP contribution in [0.3, 0.4) is 0 Å². The Morgan fingerprint density at radius 2 is 2.26 bits per heavy atom. The van der Waals surface area contributed by atoms with Crippen molar-refractivity contribution < 1.29 is 4.79 Å². The van der Waals surface area contributed by atoms with E-state index in [4.69, 9.17) is 5.26 Å². The van der Waals surface area contributed by atoms with E-state index < -0.39 is 0 Å². The second-order valence-corrected chi connectivity index (χ2v) is 4.81. The number of imidazole rings is 1. The number of carbonyl (C=O) groups is 1. The van der Waals surface area contributed by atoms with Crippen LogP contribution in [-0.4, -0.2) is 29.5 Å². The number of aromatic amines is 1. The fourth-order valence-electron chi connectivity index (χ4n) is 1.87. The van der Waals surface area contributed by atoms with Gasteiger partial charge in [-0.15, -0.1) is 10.2 Å². The number of rotatable bonds is 5. The summed E-state index contributed by atoms with van der Waals surface area (Å²) in [7, 11) is 1.96. The summed E-state index contributed by atoms with van der Waals surface area (Å²) in [5, 5.41) is 19.7. The first kappa shape index (κ1) is 16.2. The van der Waals surface area contributed by atoms with Gasteiger partial charge in [0.1, 0.15) is 11.8 Å². The first-order valence-corrected chi connectivity index (χ1v) is 7.03. The molecule has 0 saturated carbocycles. The topological polar surface area (TPSA) is 110 Å². The molecule has 0 fully saturated rings. The maximum absolute atomic E-state index is 11.4. The highest BCUT2D eigenvalue weighted by molar-refractivity contribution is 5.92. The number of anilines is 2. The molecule has 0 bridgehead atoms.